The second kappa shape index (κ2) is 6.35. The number of carbonyl (C=O) groups excluding carboxylic acids is 2. The number of amides is 2. The van der Waals surface area contributed by atoms with Crippen molar-refractivity contribution in [2.24, 2.45) is 5.73 Å². The number of aromatic nitrogens is 1. The van der Waals surface area contributed by atoms with Gasteiger partial charge in [-0.05, 0) is 31.7 Å². The summed E-state index contributed by atoms with van der Waals surface area (Å²) in [6, 6.07) is 5.08. The van der Waals surface area contributed by atoms with E-state index in [-0.39, 0.29) is 11.8 Å². The Morgan fingerprint density at radius 1 is 1.52 bits per heavy atom. The van der Waals surface area contributed by atoms with Crippen LogP contribution in [0.1, 0.15) is 22.4 Å². The number of carbonyl (C=O) groups is 2. The molecular formula is C15H16N4O3S. The Hall–Kier alpha value is -2.45. The highest BCUT2D eigenvalue weighted by molar-refractivity contribution is 7.09. The van der Waals surface area contributed by atoms with Gasteiger partial charge < -0.3 is 21.1 Å². The molecule has 2 aromatic rings. The molecular weight excluding hydrogens is 316 g/mol. The summed E-state index contributed by atoms with van der Waals surface area (Å²) in [5, 5.41) is 8.03. The molecule has 0 spiro atoms. The lowest BCUT2D eigenvalue weighted by Crippen LogP contribution is -2.34. The number of nitrogens with one attached hydrogen (secondary N) is 2. The maximum absolute atomic E-state index is 12.2. The third-order valence-electron chi connectivity index (χ3n) is 3.31. The minimum Gasteiger partial charge on any atom is -0.479 e. The minimum atomic E-state index is -0.529. The van der Waals surface area contributed by atoms with E-state index >= 15 is 0 Å². The van der Waals surface area contributed by atoms with Gasteiger partial charge >= 0.3 is 0 Å². The number of anilines is 2. The molecule has 0 saturated heterocycles. The lowest BCUT2D eigenvalue weighted by atomic mass is 10.2. The fourth-order valence-electron chi connectivity index (χ4n) is 2.14. The Labute approximate surface area is 136 Å². The zero-order valence-electron chi connectivity index (χ0n) is 12.5. The van der Waals surface area contributed by atoms with Gasteiger partial charge in [0.1, 0.15) is 11.4 Å². The summed E-state index contributed by atoms with van der Waals surface area (Å²) in [6.45, 7) is 2.17. The molecule has 1 aliphatic heterocycles. The van der Waals surface area contributed by atoms with Gasteiger partial charge in [0, 0.05) is 17.5 Å². The smallest absolute Gasteiger partial charge is 0.275 e. The Bertz CT molecular complexity index is 759. The number of nitrogens with zero attached hydrogens (tertiary/aromatic N) is 1. The molecule has 1 aromatic carbocycles. The Morgan fingerprint density at radius 3 is 3.13 bits per heavy atom. The molecule has 7 nitrogen and oxygen atoms in total. The summed E-state index contributed by atoms with van der Waals surface area (Å²) in [7, 11) is 0. The highest BCUT2D eigenvalue weighted by Crippen LogP contribution is 2.32. The monoisotopic (exact) mass is 332 g/mol. The van der Waals surface area contributed by atoms with Crippen LogP contribution in [0.5, 0.6) is 5.75 Å². The Kier molecular flexibility index (Phi) is 4.26. The molecule has 0 saturated carbocycles. The number of nitrogens with two attached hydrogens (primary N) is 1. The van der Waals surface area contributed by atoms with Crippen molar-refractivity contribution in [1.29, 1.82) is 0 Å². The normalized spacial score (nSPS) is 16.3. The fraction of sp³-hybridized carbons (Fsp3) is 0.267. The fourth-order valence-corrected chi connectivity index (χ4v) is 2.93. The zero-order chi connectivity index (χ0) is 16.4. The summed E-state index contributed by atoms with van der Waals surface area (Å²) < 4.78 is 5.47. The van der Waals surface area contributed by atoms with E-state index in [4.69, 9.17) is 10.5 Å². The van der Waals surface area contributed by atoms with Crippen LogP contribution in [0.3, 0.4) is 0 Å². The van der Waals surface area contributed by atoms with E-state index in [0.717, 1.165) is 5.01 Å². The predicted octanol–water partition coefficient (Wildman–Crippen LogP) is 1.62. The molecule has 0 radical (unpaired) electrons. The van der Waals surface area contributed by atoms with Crippen molar-refractivity contribution < 1.29 is 14.3 Å². The van der Waals surface area contributed by atoms with Crippen molar-refractivity contribution in [3.05, 3.63) is 34.3 Å². The van der Waals surface area contributed by atoms with Crippen molar-refractivity contribution in [2.75, 3.05) is 17.2 Å². The molecule has 8 heteroatoms. The van der Waals surface area contributed by atoms with Crippen molar-refractivity contribution in [2.45, 2.75) is 19.4 Å². The molecule has 1 aliphatic rings. The first-order chi connectivity index (χ1) is 11.1. The molecule has 23 heavy (non-hydrogen) atoms. The third-order valence-corrected chi connectivity index (χ3v) is 4.22. The Balaban J connectivity index is 1.74. The summed E-state index contributed by atoms with van der Waals surface area (Å²) in [6.07, 6.45) is 0.122. The van der Waals surface area contributed by atoms with Crippen LogP contribution in [0.2, 0.25) is 0 Å². The standard InChI is InChI=1S/C15H16N4O3S/c1-8-14(20)19-10-6-9(2-3-12(10)22-8)17-15(21)11-7-23-13(18-11)4-5-16/h2-3,6-8H,4-5,16H2,1H3,(H,17,21)(H,19,20). The first kappa shape index (κ1) is 15.4. The lowest BCUT2D eigenvalue weighted by Gasteiger charge is -2.23. The van der Waals surface area contributed by atoms with E-state index in [1.165, 1.54) is 11.3 Å². The summed E-state index contributed by atoms with van der Waals surface area (Å²) in [5.74, 6) is 0.0572. The van der Waals surface area contributed by atoms with Crippen LogP contribution in [0, 0.1) is 0 Å². The van der Waals surface area contributed by atoms with E-state index in [0.29, 0.717) is 35.8 Å². The van der Waals surface area contributed by atoms with Gasteiger partial charge in [-0.15, -0.1) is 11.3 Å². The minimum absolute atomic E-state index is 0.216. The molecule has 0 fully saturated rings. The van der Waals surface area contributed by atoms with E-state index in [2.05, 4.69) is 15.6 Å². The van der Waals surface area contributed by atoms with Crippen LogP contribution in [0.4, 0.5) is 11.4 Å². The number of hydrogen-bond acceptors (Lipinski definition) is 6. The second-order valence-corrected chi connectivity index (χ2v) is 6.02. The van der Waals surface area contributed by atoms with E-state index in [1.54, 1.807) is 30.5 Å². The van der Waals surface area contributed by atoms with Crippen LogP contribution in [0.25, 0.3) is 0 Å². The number of ether oxygens (including phenoxy) is 1. The van der Waals surface area contributed by atoms with Crippen LogP contribution >= 0.6 is 11.3 Å². The average molecular weight is 332 g/mol. The third kappa shape index (κ3) is 3.33. The molecule has 4 N–H and O–H groups in total. The molecule has 1 atom stereocenters. The van der Waals surface area contributed by atoms with Gasteiger partial charge in [-0.2, -0.15) is 0 Å². The molecule has 0 aliphatic carbocycles. The Morgan fingerprint density at radius 2 is 2.35 bits per heavy atom. The van der Waals surface area contributed by atoms with Crippen LogP contribution in [0.15, 0.2) is 23.6 Å². The molecule has 2 amide bonds. The number of rotatable bonds is 4. The highest BCUT2D eigenvalue weighted by atomic mass is 32.1. The van der Waals surface area contributed by atoms with Crippen LogP contribution in [-0.2, 0) is 11.2 Å². The molecule has 2 heterocycles. The summed E-state index contributed by atoms with van der Waals surface area (Å²) in [5.41, 5.74) is 6.92. The van der Waals surface area contributed by atoms with Crippen molar-refractivity contribution >= 4 is 34.5 Å². The molecule has 1 unspecified atom stereocenters. The van der Waals surface area contributed by atoms with E-state index in [9.17, 15) is 9.59 Å². The lowest BCUT2D eigenvalue weighted by molar-refractivity contribution is -0.122. The largest absolute Gasteiger partial charge is 0.479 e. The molecule has 0 bridgehead atoms. The second-order valence-electron chi connectivity index (χ2n) is 5.08. The van der Waals surface area contributed by atoms with Gasteiger partial charge in [0.25, 0.3) is 11.8 Å². The highest BCUT2D eigenvalue weighted by Gasteiger charge is 2.23. The van der Waals surface area contributed by atoms with Crippen molar-refractivity contribution in [3.8, 4) is 5.75 Å². The average Bonchev–Trinajstić information content (AvgIpc) is 2.98. The zero-order valence-corrected chi connectivity index (χ0v) is 13.3. The predicted molar refractivity (Wildman–Crippen MR) is 88.0 cm³/mol. The van der Waals surface area contributed by atoms with Gasteiger partial charge in [-0.3, -0.25) is 9.59 Å². The maximum atomic E-state index is 12.2. The number of fused-ring (bicyclic) bond motifs is 1. The van der Waals surface area contributed by atoms with E-state index in [1.807, 2.05) is 0 Å². The number of benzene rings is 1. The van der Waals surface area contributed by atoms with Gasteiger partial charge in [0.15, 0.2) is 6.10 Å². The van der Waals surface area contributed by atoms with Crippen molar-refractivity contribution in [3.63, 3.8) is 0 Å². The molecule has 120 valence electrons. The SMILES string of the molecule is CC1Oc2ccc(NC(=O)c3csc(CCN)n3)cc2NC1=O. The van der Waals surface area contributed by atoms with Gasteiger partial charge in [0.2, 0.25) is 0 Å². The topological polar surface area (TPSA) is 106 Å². The molecule has 1 aromatic heterocycles. The van der Waals surface area contributed by atoms with Crippen LogP contribution in [-0.4, -0.2) is 29.4 Å². The summed E-state index contributed by atoms with van der Waals surface area (Å²) >= 11 is 1.41. The first-order valence-electron chi connectivity index (χ1n) is 7.14. The number of hydrogen-bond donors (Lipinski definition) is 3. The first-order valence-corrected chi connectivity index (χ1v) is 8.02. The quantitative estimate of drug-likeness (QED) is 0.789. The van der Waals surface area contributed by atoms with Gasteiger partial charge in [-0.25, -0.2) is 4.98 Å². The number of thiazole rings is 1. The molecule has 3 rings (SSSR count). The van der Waals surface area contributed by atoms with Gasteiger partial charge in [0.05, 0.1) is 10.7 Å². The van der Waals surface area contributed by atoms with Crippen molar-refractivity contribution in [1.82, 2.24) is 4.98 Å². The van der Waals surface area contributed by atoms with E-state index < -0.39 is 6.10 Å². The van der Waals surface area contributed by atoms with Crippen LogP contribution < -0.4 is 21.1 Å². The summed E-state index contributed by atoms with van der Waals surface area (Å²) in [4.78, 5) is 28.1. The maximum Gasteiger partial charge on any atom is 0.275 e. The van der Waals surface area contributed by atoms with Gasteiger partial charge in [-0.1, -0.05) is 0 Å².